The van der Waals surface area contributed by atoms with Crippen LogP contribution in [0.2, 0.25) is 0 Å². The third kappa shape index (κ3) is 3.62. The summed E-state index contributed by atoms with van der Waals surface area (Å²) in [4.78, 5) is 14.4. The minimum Gasteiger partial charge on any atom is -0.368 e. The Bertz CT molecular complexity index is 652. The molecule has 0 unspecified atom stereocenters. The molecule has 1 aliphatic heterocycles. The first-order valence-corrected chi connectivity index (χ1v) is 8.24. The van der Waals surface area contributed by atoms with Crippen molar-refractivity contribution < 1.29 is 4.79 Å². The van der Waals surface area contributed by atoms with Crippen molar-refractivity contribution in [1.82, 2.24) is 14.7 Å². The standard InChI is InChI=1S/C18H24N4O/c1-14-11-20-21(12-14)13-16-9-5-6-10-22(16)17(18(19)23)15-7-3-2-4-8-15/h2-4,7-8,11-12,16-17H,5-6,9-10,13H2,1H3,(H2,19,23)/t16-,17+/m1/s1. The Hall–Kier alpha value is -2.14. The molecule has 1 saturated heterocycles. The van der Waals surface area contributed by atoms with Crippen LogP contribution in [0.3, 0.4) is 0 Å². The summed E-state index contributed by atoms with van der Waals surface area (Å²) in [5, 5.41) is 4.40. The van der Waals surface area contributed by atoms with Gasteiger partial charge in [-0.2, -0.15) is 5.10 Å². The van der Waals surface area contributed by atoms with Crippen LogP contribution in [0.4, 0.5) is 0 Å². The van der Waals surface area contributed by atoms with Crippen LogP contribution in [0.25, 0.3) is 0 Å². The molecule has 0 saturated carbocycles. The molecule has 3 rings (SSSR count). The molecule has 1 aromatic heterocycles. The molecule has 0 radical (unpaired) electrons. The molecule has 5 nitrogen and oxygen atoms in total. The van der Waals surface area contributed by atoms with Gasteiger partial charge in [0.25, 0.3) is 0 Å². The fourth-order valence-electron chi connectivity index (χ4n) is 3.50. The Labute approximate surface area is 137 Å². The Morgan fingerprint density at radius 1 is 1.35 bits per heavy atom. The van der Waals surface area contributed by atoms with E-state index in [1.807, 2.05) is 48.1 Å². The highest BCUT2D eigenvalue weighted by Gasteiger charge is 2.33. The van der Waals surface area contributed by atoms with Crippen LogP contribution in [0, 0.1) is 6.92 Å². The second-order valence-corrected chi connectivity index (χ2v) is 6.34. The number of primary amides is 1. The molecule has 122 valence electrons. The second kappa shape index (κ2) is 6.96. The van der Waals surface area contributed by atoms with Crippen LogP contribution in [-0.2, 0) is 11.3 Å². The number of benzene rings is 1. The molecule has 2 heterocycles. The molecule has 23 heavy (non-hydrogen) atoms. The molecule has 2 atom stereocenters. The number of hydrogen-bond donors (Lipinski definition) is 1. The van der Waals surface area contributed by atoms with E-state index < -0.39 is 0 Å². The van der Waals surface area contributed by atoms with Gasteiger partial charge in [0, 0.05) is 12.2 Å². The molecule has 1 aliphatic rings. The SMILES string of the molecule is Cc1cnn(C[C@H]2CCCCN2[C@H](C(N)=O)c2ccccc2)c1. The molecule has 5 heteroatoms. The van der Waals surface area contributed by atoms with E-state index in [0.717, 1.165) is 37.1 Å². The quantitative estimate of drug-likeness (QED) is 0.921. The molecule has 0 aliphatic carbocycles. The minimum absolute atomic E-state index is 0.278. The van der Waals surface area contributed by atoms with Crippen molar-refractivity contribution in [2.45, 2.75) is 44.8 Å². The molecule has 1 amide bonds. The van der Waals surface area contributed by atoms with E-state index >= 15 is 0 Å². The lowest BCUT2D eigenvalue weighted by atomic mass is 9.96. The summed E-state index contributed by atoms with van der Waals surface area (Å²) in [5.41, 5.74) is 7.89. The van der Waals surface area contributed by atoms with Gasteiger partial charge in [0.2, 0.25) is 5.91 Å². The van der Waals surface area contributed by atoms with Crippen LogP contribution in [-0.4, -0.2) is 33.2 Å². The van der Waals surface area contributed by atoms with Crippen molar-refractivity contribution in [3.05, 3.63) is 53.9 Å². The normalized spacial score (nSPS) is 20.3. The zero-order valence-corrected chi connectivity index (χ0v) is 13.6. The predicted octanol–water partition coefficient (Wildman–Crippen LogP) is 2.27. The molecule has 2 aromatic rings. The Morgan fingerprint density at radius 2 is 2.13 bits per heavy atom. The Morgan fingerprint density at radius 3 is 2.78 bits per heavy atom. The van der Waals surface area contributed by atoms with Gasteiger partial charge in [-0.25, -0.2) is 0 Å². The number of nitrogens with two attached hydrogens (primary N) is 1. The first kappa shape index (κ1) is 15.7. The first-order chi connectivity index (χ1) is 11.1. The zero-order chi connectivity index (χ0) is 16.2. The lowest BCUT2D eigenvalue weighted by molar-refractivity contribution is -0.125. The van der Waals surface area contributed by atoms with Gasteiger partial charge in [-0.15, -0.1) is 0 Å². The summed E-state index contributed by atoms with van der Waals surface area (Å²) in [6.07, 6.45) is 7.27. The largest absolute Gasteiger partial charge is 0.368 e. The van der Waals surface area contributed by atoms with Crippen LogP contribution < -0.4 is 5.73 Å². The molecule has 0 spiro atoms. The highest BCUT2D eigenvalue weighted by atomic mass is 16.1. The van der Waals surface area contributed by atoms with E-state index in [1.165, 1.54) is 6.42 Å². The number of carbonyl (C=O) groups excluding carboxylic acids is 1. The van der Waals surface area contributed by atoms with Gasteiger partial charge in [0.15, 0.2) is 0 Å². The van der Waals surface area contributed by atoms with E-state index in [1.54, 1.807) is 0 Å². The highest BCUT2D eigenvalue weighted by molar-refractivity contribution is 5.81. The van der Waals surface area contributed by atoms with Gasteiger partial charge < -0.3 is 5.73 Å². The third-order valence-electron chi connectivity index (χ3n) is 4.55. The number of rotatable bonds is 5. The minimum atomic E-state index is -0.363. The van der Waals surface area contributed by atoms with Gasteiger partial charge >= 0.3 is 0 Å². The summed E-state index contributed by atoms with van der Waals surface area (Å²) >= 11 is 0. The predicted molar refractivity (Wildman–Crippen MR) is 89.7 cm³/mol. The van der Waals surface area contributed by atoms with Gasteiger partial charge in [0.05, 0.1) is 12.7 Å². The summed E-state index contributed by atoms with van der Waals surface area (Å²) in [6.45, 7) is 3.73. The summed E-state index contributed by atoms with van der Waals surface area (Å²) in [6, 6.07) is 9.77. The molecule has 1 fully saturated rings. The number of piperidine rings is 1. The van der Waals surface area contributed by atoms with Crippen molar-refractivity contribution in [1.29, 1.82) is 0 Å². The van der Waals surface area contributed by atoms with Crippen LogP contribution in [0.1, 0.15) is 36.4 Å². The van der Waals surface area contributed by atoms with Gasteiger partial charge in [0.1, 0.15) is 6.04 Å². The molecule has 0 bridgehead atoms. The smallest absolute Gasteiger partial charge is 0.239 e. The summed E-state index contributed by atoms with van der Waals surface area (Å²) < 4.78 is 1.97. The van der Waals surface area contributed by atoms with E-state index in [4.69, 9.17) is 5.73 Å². The fraction of sp³-hybridized carbons (Fsp3) is 0.444. The van der Waals surface area contributed by atoms with E-state index in [-0.39, 0.29) is 18.0 Å². The maximum atomic E-state index is 12.2. The van der Waals surface area contributed by atoms with E-state index in [0.29, 0.717) is 0 Å². The molecule has 2 N–H and O–H groups in total. The van der Waals surface area contributed by atoms with Crippen LogP contribution >= 0.6 is 0 Å². The van der Waals surface area contributed by atoms with Crippen molar-refractivity contribution in [2.24, 2.45) is 5.73 Å². The van der Waals surface area contributed by atoms with Crippen LogP contribution in [0.15, 0.2) is 42.7 Å². The zero-order valence-electron chi connectivity index (χ0n) is 13.6. The van der Waals surface area contributed by atoms with Crippen molar-refractivity contribution >= 4 is 5.91 Å². The van der Waals surface area contributed by atoms with Crippen molar-refractivity contribution in [3.8, 4) is 0 Å². The lowest BCUT2D eigenvalue weighted by Gasteiger charge is -2.40. The monoisotopic (exact) mass is 312 g/mol. The Kier molecular flexibility index (Phi) is 4.76. The number of aryl methyl sites for hydroxylation is 1. The third-order valence-corrected chi connectivity index (χ3v) is 4.55. The van der Waals surface area contributed by atoms with Gasteiger partial charge in [-0.1, -0.05) is 36.8 Å². The average Bonchev–Trinajstić information content (AvgIpc) is 2.95. The number of likely N-dealkylation sites (tertiary alicyclic amines) is 1. The van der Waals surface area contributed by atoms with Crippen LogP contribution in [0.5, 0.6) is 0 Å². The number of hydrogen-bond acceptors (Lipinski definition) is 3. The van der Waals surface area contributed by atoms with E-state index in [9.17, 15) is 4.79 Å². The maximum Gasteiger partial charge on any atom is 0.239 e. The number of carbonyl (C=O) groups is 1. The van der Waals surface area contributed by atoms with Crippen molar-refractivity contribution in [3.63, 3.8) is 0 Å². The number of amides is 1. The average molecular weight is 312 g/mol. The fourth-order valence-corrected chi connectivity index (χ4v) is 3.50. The maximum absolute atomic E-state index is 12.2. The summed E-state index contributed by atoms with van der Waals surface area (Å²) in [7, 11) is 0. The Balaban J connectivity index is 1.85. The number of nitrogens with zero attached hydrogens (tertiary/aromatic N) is 3. The number of aromatic nitrogens is 2. The molecular weight excluding hydrogens is 288 g/mol. The second-order valence-electron chi connectivity index (χ2n) is 6.34. The molecule has 1 aromatic carbocycles. The molecular formula is C18H24N4O. The topological polar surface area (TPSA) is 64.2 Å². The first-order valence-electron chi connectivity index (χ1n) is 8.24. The van der Waals surface area contributed by atoms with Gasteiger partial charge in [-0.05, 0) is 37.4 Å². The highest BCUT2D eigenvalue weighted by Crippen LogP contribution is 2.29. The summed E-state index contributed by atoms with van der Waals surface area (Å²) in [5.74, 6) is -0.278. The van der Waals surface area contributed by atoms with E-state index in [2.05, 4.69) is 16.2 Å². The van der Waals surface area contributed by atoms with Crippen molar-refractivity contribution in [2.75, 3.05) is 6.54 Å². The van der Waals surface area contributed by atoms with Gasteiger partial charge in [-0.3, -0.25) is 14.4 Å². The lowest BCUT2D eigenvalue weighted by Crippen LogP contribution is -2.48.